The minimum absolute atomic E-state index is 0.314. The van der Waals surface area contributed by atoms with Crippen LogP contribution in [0.15, 0.2) is 103 Å². The van der Waals surface area contributed by atoms with Gasteiger partial charge in [0.1, 0.15) is 11.6 Å². The van der Waals surface area contributed by atoms with Gasteiger partial charge in [-0.15, -0.1) is 0 Å². The zero-order chi connectivity index (χ0) is 23.1. The van der Waals surface area contributed by atoms with Gasteiger partial charge < -0.3 is 4.74 Å². The number of halogens is 2. The van der Waals surface area contributed by atoms with Crippen molar-refractivity contribution >= 4 is 21.8 Å². The van der Waals surface area contributed by atoms with Crippen LogP contribution in [0.25, 0.3) is 38.8 Å². The monoisotopic (exact) mass is 449 g/mol. The number of hydrogen-bond donors (Lipinski definition) is 0. The van der Waals surface area contributed by atoms with E-state index >= 15 is 0 Å². The van der Waals surface area contributed by atoms with Crippen LogP contribution in [0.5, 0.6) is 11.6 Å². The van der Waals surface area contributed by atoms with Gasteiger partial charge in [0.05, 0.1) is 17.2 Å². The predicted molar refractivity (Wildman–Crippen MR) is 128 cm³/mol. The average Bonchev–Trinajstić information content (AvgIpc) is 3.20. The van der Waals surface area contributed by atoms with Gasteiger partial charge in [0, 0.05) is 29.1 Å². The highest BCUT2D eigenvalue weighted by atomic mass is 19.2. The van der Waals surface area contributed by atoms with Gasteiger partial charge in [0.15, 0.2) is 11.6 Å². The Balaban J connectivity index is 1.51. The number of nitrogens with zero attached hydrogens (tertiary/aromatic N) is 3. The fourth-order valence-electron chi connectivity index (χ4n) is 4.19. The maximum absolute atomic E-state index is 14.1. The number of pyridine rings is 2. The Hall–Kier alpha value is -4.58. The Morgan fingerprint density at radius 1 is 0.647 bits per heavy atom. The Labute approximate surface area is 193 Å². The van der Waals surface area contributed by atoms with E-state index in [4.69, 9.17) is 4.74 Å². The quantitative estimate of drug-likeness (QED) is 0.283. The van der Waals surface area contributed by atoms with Crippen molar-refractivity contribution in [3.8, 4) is 28.6 Å². The molecule has 0 atom stereocenters. The number of rotatable bonds is 4. The third-order valence-corrected chi connectivity index (χ3v) is 5.72. The van der Waals surface area contributed by atoms with Crippen LogP contribution >= 0.6 is 0 Å². The van der Waals surface area contributed by atoms with Crippen LogP contribution in [0.2, 0.25) is 0 Å². The first kappa shape index (κ1) is 20.1. The van der Waals surface area contributed by atoms with E-state index < -0.39 is 11.6 Å². The fourth-order valence-corrected chi connectivity index (χ4v) is 4.19. The topological polar surface area (TPSA) is 39.9 Å². The van der Waals surface area contributed by atoms with E-state index in [0.717, 1.165) is 45.2 Å². The molecule has 0 aliphatic carbocycles. The molecule has 0 aliphatic heterocycles. The fraction of sp³-hybridized carbons (Fsp3) is 0. The highest BCUT2D eigenvalue weighted by Crippen LogP contribution is 2.35. The predicted octanol–water partition coefficient (Wildman–Crippen LogP) is 7.31. The minimum atomic E-state index is -0.977. The summed E-state index contributed by atoms with van der Waals surface area (Å²) >= 11 is 0. The maximum Gasteiger partial charge on any atom is 0.219 e. The summed E-state index contributed by atoms with van der Waals surface area (Å²) in [5, 5.41) is 1.99. The smallest absolute Gasteiger partial charge is 0.219 e. The second-order valence-electron chi connectivity index (χ2n) is 7.84. The summed E-state index contributed by atoms with van der Waals surface area (Å²) in [5.74, 6) is -0.422. The molecule has 0 spiro atoms. The van der Waals surface area contributed by atoms with E-state index in [1.54, 1.807) is 12.3 Å². The van der Waals surface area contributed by atoms with Gasteiger partial charge in [-0.25, -0.2) is 18.7 Å². The van der Waals surface area contributed by atoms with Gasteiger partial charge in [0.2, 0.25) is 5.88 Å². The van der Waals surface area contributed by atoms with Gasteiger partial charge in [-0.2, -0.15) is 0 Å². The number of benzene rings is 3. The SMILES string of the molecule is Fc1cnc(-n2c3ccccc3c3ccc(-c4cccc(Oc5ccccn5)c4)cc32)cc1F. The molecular weight excluding hydrogens is 432 g/mol. The normalized spacial score (nSPS) is 11.2. The molecule has 0 N–H and O–H groups in total. The number of ether oxygens (including phenoxy) is 1. The Morgan fingerprint density at radius 3 is 2.32 bits per heavy atom. The summed E-state index contributed by atoms with van der Waals surface area (Å²) in [6.45, 7) is 0. The van der Waals surface area contributed by atoms with Crippen molar-refractivity contribution in [1.29, 1.82) is 0 Å². The van der Waals surface area contributed by atoms with Crippen LogP contribution in [0.1, 0.15) is 0 Å². The van der Waals surface area contributed by atoms with Crippen LogP contribution in [-0.2, 0) is 0 Å². The molecule has 0 radical (unpaired) electrons. The number of hydrogen-bond acceptors (Lipinski definition) is 3. The van der Waals surface area contributed by atoms with Gasteiger partial charge in [-0.1, -0.05) is 48.5 Å². The molecule has 3 aromatic heterocycles. The molecule has 4 nitrogen and oxygen atoms in total. The van der Waals surface area contributed by atoms with Gasteiger partial charge in [-0.05, 0) is 41.5 Å². The lowest BCUT2D eigenvalue weighted by atomic mass is 10.0. The van der Waals surface area contributed by atoms with Crippen molar-refractivity contribution in [2.24, 2.45) is 0 Å². The van der Waals surface area contributed by atoms with E-state index in [1.807, 2.05) is 83.4 Å². The summed E-state index contributed by atoms with van der Waals surface area (Å²) in [5.41, 5.74) is 3.60. The summed E-state index contributed by atoms with van der Waals surface area (Å²) in [6, 6.07) is 28.3. The van der Waals surface area contributed by atoms with E-state index in [1.165, 1.54) is 0 Å². The highest BCUT2D eigenvalue weighted by Gasteiger charge is 2.15. The molecule has 0 bridgehead atoms. The van der Waals surface area contributed by atoms with Crippen LogP contribution in [0.3, 0.4) is 0 Å². The Bertz CT molecular complexity index is 1660. The lowest BCUT2D eigenvalue weighted by Gasteiger charge is -2.10. The van der Waals surface area contributed by atoms with E-state index in [-0.39, 0.29) is 0 Å². The minimum Gasteiger partial charge on any atom is -0.439 e. The zero-order valence-corrected chi connectivity index (χ0v) is 17.8. The first-order valence-corrected chi connectivity index (χ1v) is 10.7. The molecule has 0 saturated heterocycles. The summed E-state index contributed by atoms with van der Waals surface area (Å²) < 4.78 is 35.4. The molecule has 0 fully saturated rings. The van der Waals surface area contributed by atoms with Crippen LogP contribution < -0.4 is 4.74 Å². The lowest BCUT2D eigenvalue weighted by Crippen LogP contribution is -1.99. The molecule has 0 amide bonds. The van der Waals surface area contributed by atoms with Crippen LogP contribution in [0, 0.1) is 11.6 Å². The van der Waals surface area contributed by atoms with E-state index in [0.29, 0.717) is 17.4 Å². The standard InChI is InChI=1S/C28H17F2N3O/c29-23-16-27(32-17-24(23)30)33-25-9-2-1-8-21(25)22-12-11-19(15-26(22)33)18-6-5-7-20(14-18)34-28-10-3-4-13-31-28/h1-17H. The second-order valence-corrected chi connectivity index (χ2v) is 7.84. The first-order chi connectivity index (χ1) is 16.7. The van der Waals surface area contributed by atoms with Gasteiger partial charge in [-0.3, -0.25) is 4.57 Å². The van der Waals surface area contributed by atoms with Crippen molar-refractivity contribution in [3.63, 3.8) is 0 Å². The van der Waals surface area contributed by atoms with Crippen molar-refractivity contribution in [1.82, 2.24) is 14.5 Å². The molecule has 6 heteroatoms. The van der Waals surface area contributed by atoms with Crippen LogP contribution in [-0.4, -0.2) is 14.5 Å². The van der Waals surface area contributed by atoms with Crippen molar-refractivity contribution < 1.29 is 13.5 Å². The average molecular weight is 449 g/mol. The number of aromatic nitrogens is 3. The largest absolute Gasteiger partial charge is 0.439 e. The third-order valence-electron chi connectivity index (χ3n) is 5.72. The Kier molecular flexibility index (Phi) is 4.77. The molecule has 0 unspecified atom stereocenters. The Morgan fingerprint density at radius 2 is 1.47 bits per heavy atom. The van der Waals surface area contributed by atoms with E-state index in [2.05, 4.69) is 9.97 Å². The molecule has 0 saturated carbocycles. The summed E-state index contributed by atoms with van der Waals surface area (Å²) in [6.07, 6.45) is 2.59. The second kappa shape index (κ2) is 8.08. The van der Waals surface area contributed by atoms with Crippen molar-refractivity contribution in [2.75, 3.05) is 0 Å². The number of para-hydroxylation sites is 1. The highest BCUT2D eigenvalue weighted by molar-refractivity contribution is 6.10. The van der Waals surface area contributed by atoms with Crippen molar-refractivity contribution in [2.45, 2.75) is 0 Å². The molecule has 34 heavy (non-hydrogen) atoms. The van der Waals surface area contributed by atoms with Gasteiger partial charge in [0.25, 0.3) is 0 Å². The molecule has 164 valence electrons. The molecular formula is C28H17F2N3O. The van der Waals surface area contributed by atoms with Crippen LogP contribution in [0.4, 0.5) is 8.78 Å². The molecule has 3 aromatic carbocycles. The molecule has 3 heterocycles. The summed E-state index contributed by atoms with van der Waals surface area (Å²) in [7, 11) is 0. The first-order valence-electron chi connectivity index (χ1n) is 10.7. The molecule has 6 rings (SSSR count). The lowest BCUT2D eigenvalue weighted by molar-refractivity contribution is 0.463. The molecule has 6 aromatic rings. The molecule has 0 aliphatic rings. The third kappa shape index (κ3) is 3.46. The zero-order valence-electron chi connectivity index (χ0n) is 17.8. The van der Waals surface area contributed by atoms with Gasteiger partial charge >= 0.3 is 0 Å². The van der Waals surface area contributed by atoms with Crippen molar-refractivity contribution in [3.05, 3.63) is 115 Å². The maximum atomic E-state index is 14.1. The summed E-state index contributed by atoms with van der Waals surface area (Å²) in [4.78, 5) is 8.38. The number of fused-ring (bicyclic) bond motifs is 3. The van der Waals surface area contributed by atoms with E-state index in [9.17, 15) is 8.78 Å².